The van der Waals surface area contributed by atoms with Gasteiger partial charge < -0.3 is 5.11 Å². The molecule has 2 atom stereocenters. The van der Waals surface area contributed by atoms with E-state index in [1.807, 2.05) is 0 Å². The number of hydrogen-bond donors (Lipinski definition) is 1. The number of carboxylic acid groups (broad SMARTS) is 1. The fourth-order valence-corrected chi connectivity index (χ4v) is 1.12. The largest absolute Gasteiger partial charge is 0.480 e. The molecule has 0 spiro atoms. The Morgan fingerprint density at radius 1 is 1.73 bits per heavy atom. The number of amides is 2. The second kappa shape index (κ2) is 2.34. The molecule has 5 nitrogen and oxygen atoms in total. The standard InChI is InChI=1S/C6H7NO4/c1-3-4(6(10)11)7(2-8)5(3)9/h2-4H,1H3,(H,10,11)/t3-,4+/m1/s1. The van der Waals surface area contributed by atoms with Gasteiger partial charge in [-0.2, -0.15) is 0 Å². The smallest absolute Gasteiger partial charge is 0.327 e. The molecule has 0 unspecified atom stereocenters. The minimum absolute atomic E-state index is 0.251. The third-order valence-corrected chi connectivity index (χ3v) is 1.78. The van der Waals surface area contributed by atoms with E-state index in [0.717, 1.165) is 0 Å². The van der Waals surface area contributed by atoms with E-state index in [0.29, 0.717) is 4.90 Å². The molecule has 0 aromatic rings. The fraction of sp³-hybridized carbons (Fsp3) is 0.500. The van der Waals surface area contributed by atoms with Crippen LogP contribution in [0.4, 0.5) is 0 Å². The molecule has 60 valence electrons. The molecule has 1 aliphatic rings. The Balaban J connectivity index is 2.75. The van der Waals surface area contributed by atoms with Crippen molar-refractivity contribution in [3.8, 4) is 0 Å². The quantitative estimate of drug-likeness (QED) is 0.415. The summed E-state index contributed by atoms with van der Waals surface area (Å²) in [6.45, 7) is 1.49. The highest BCUT2D eigenvalue weighted by Crippen LogP contribution is 2.24. The topological polar surface area (TPSA) is 74.7 Å². The normalized spacial score (nSPS) is 29.5. The number of imide groups is 1. The van der Waals surface area contributed by atoms with Crippen molar-refractivity contribution in [1.29, 1.82) is 0 Å². The van der Waals surface area contributed by atoms with Gasteiger partial charge in [0.05, 0.1) is 5.92 Å². The van der Waals surface area contributed by atoms with E-state index in [2.05, 4.69) is 0 Å². The Hall–Kier alpha value is -1.39. The second-order valence-corrected chi connectivity index (χ2v) is 2.42. The lowest BCUT2D eigenvalue weighted by molar-refractivity contribution is -0.171. The zero-order valence-corrected chi connectivity index (χ0v) is 5.85. The summed E-state index contributed by atoms with van der Waals surface area (Å²) in [6, 6.07) is -0.958. The highest BCUT2D eigenvalue weighted by Gasteiger charge is 2.48. The first kappa shape index (κ1) is 7.71. The molecule has 0 aromatic heterocycles. The summed E-state index contributed by atoms with van der Waals surface area (Å²) >= 11 is 0. The average Bonchev–Trinajstić information content (AvgIpc) is 1.96. The predicted octanol–water partition coefficient (Wildman–Crippen LogP) is -0.926. The molecule has 2 amide bonds. The molecule has 0 aliphatic carbocycles. The Bertz CT molecular complexity index is 225. The maximum atomic E-state index is 10.7. The lowest BCUT2D eigenvalue weighted by atomic mass is 9.90. The zero-order valence-electron chi connectivity index (χ0n) is 5.85. The lowest BCUT2D eigenvalue weighted by Gasteiger charge is -2.38. The van der Waals surface area contributed by atoms with Crippen molar-refractivity contribution in [2.24, 2.45) is 5.92 Å². The van der Waals surface area contributed by atoms with E-state index >= 15 is 0 Å². The molecule has 0 bridgehead atoms. The molecule has 11 heavy (non-hydrogen) atoms. The molecule has 1 heterocycles. The van der Waals surface area contributed by atoms with Crippen molar-refractivity contribution >= 4 is 18.3 Å². The van der Waals surface area contributed by atoms with Gasteiger partial charge in [0.1, 0.15) is 6.04 Å². The van der Waals surface area contributed by atoms with Gasteiger partial charge in [-0.05, 0) is 0 Å². The predicted molar refractivity (Wildman–Crippen MR) is 33.5 cm³/mol. The van der Waals surface area contributed by atoms with Gasteiger partial charge in [0.2, 0.25) is 12.3 Å². The number of aliphatic carboxylic acids is 1. The number of carbonyl (C=O) groups excluding carboxylic acids is 2. The SMILES string of the molecule is C[C@H]1C(=O)N(C=O)[C@@H]1C(=O)O. The fourth-order valence-electron chi connectivity index (χ4n) is 1.12. The maximum absolute atomic E-state index is 10.7. The van der Waals surface area contributed by atoms with E-state index in [9.17, 15) is 14.4 Å². The first-order valence-corrected chi connectivity index (χ1v) is 3.10. The van der Waals surface area contributed by atoms with Crippen molar-refractivity contribution in [2.75, 3.05) is 0 Å². The van der Waals surface area contributed by atoms with Crippen molar-refractivity contribution in [2.45, 2.75) is 13.0 Å². The molecule has 1 rings (SSSR count). The van der Waals surface area contributed by atoms with Crippen molar-refractivity contribution in [3.05, 3.63) is 0 Å². The van der Waals surface area contributed by atoms with E-state index in [1.165, 1.54) is 6.92 Å². The molecule has 1 N–H and O–H groups in total. The van der Waals surface area contributed by atoms with Gasteiger partial charge >= 0.3 is 5.97 Å². The molecule has 1 fully saturated rings. The molecule has 1 saturated heterocycles. The number of nitrogens with zero attached hydrogens (tertiary/aromatic N) is 1. The van der Waals surface area contributed by atoms with Crippen LogP contribution in [-0.2, 0) is 14.4 Å². The van der Waals surface area contributed by atoms with Crippen LogP contribution in [0.1, 0.15) is 6.92 Å². The summed E-state index contributed by atoms with van der Waals surface area (Å²) in [4.78, 5) is 31.9. The minimum atomic E-state index is -1.14. The monoisotopic (exact) mass is 157 g/mol. The number of hydrogen-bond acceptors (Lipinski definition) is 3. The van der Waals surface area contributed by atoms with Gasteiger partial charge in [0.15, 0.2) is 0 Å². The van der Waals surface area contributed by atoms with Crippen LogP contribution in [0.2, 0.25) is 0 Å². The Morgan fingerprint density at radius 2 is 2.27 bits per heavy atom. The molecule has 1 aliphatic heterocycles. The summed E-state index contributed by atoms with van der Waals surface area (Å²) in [5.41, 5.74) is 0. The average molecular weight is 157 g/mol. The maximum Gasteiger partial charge on any atom is 0.327 e. The first-order valence-electron chi connectivity index (χ1n) is 3.10. The van der Waals surface area contributed by atoms with E-state index in [4.69, 9.17) is 5.11 Å². The van der Waals surface area contributed by atoms with Crippen LogP contribution in [0.25, 0.3) is 0 Å². The third-order valence-electron chi connectivity index (χ3n) is 1.78. The summed E-state index contributed by atoms with van der Waals surface area (Å²) in [5.74, 6) is -2.13. The summed E-state index contributed by atoms with van der Waals surface area (Å²) < 4.78 is 0. The van der Waals surface area contributed by atoms with E-state index in [-0.39, 0.29) is 6.41 Å². The molecule has 0 aromatic carbocycles. The number of β-lactam (4-membered cyclic amide) rings is 1. The molecule has 0 radical (unpaired) electrons. The van der Waals surface area contributed by atoms with Crippen molar-refractivity contribution < 1.29 is 19.5 Å². The van der Waals surface area contributed by atoms with Gasteiger partial charge in [-0.25, -0.2) is 4.79 Å². The highest BCUT2D eigenvalue weighted by molar-refractivity contribution is 6.02. The molecule has 0 saturated carbocycles. The molecule has 5 heteroatoms. The molecular weight excluding hydrogens is 150 g/mol. The van der Waals surface area contributed by atoms with Gasteiger partial charge in [-0.3, -0.25) is 14.5 Å². The third kappa shape index (κ3) is 0.886. The van der Waals surface area contributed by atoms with Crippen LogP contribution in [0.15, 0.2) is 0 Å². The minimum Gasteiger partial charge on any atom is -0.480 e. The van der Waals surface area contributed by atoms with E-state index in [1.54, 1.807) is 0 Å². The number of carboxylic acids is 1. The number of carbonyl (C=O) groups is 3. The lowest BCUT2D eigenvalue weighted by Crippen LogP contribution is -2.62. The van der Waals surface area contributed by atoms with Crippen LogP contribution in [0.3, 0.4) is 0 Å². The van der Waals surface area contributed by atoms with Crippen molar-refractivity contribution in [1.82, 2.24) is 4.90 Å². The van der Waals surface area contributed by atoms with Gasteiger partial charge in [0, 0.05) is 0 Å². The van der Waals surface area contributed by atoms with Crippen LogP contribution < -0.4 is 0 Å². The Kier molecular flexibility index (Phi) is 1.64. The van der Waals surface area contributed by atoms with Gasteiger partial charge in [0.25, 0.3) is 0 Å². The Morgan fingerprint density at radius 3 is 2.55 bits per heavy atom. The Labute approximate surface area is 62.6 Å². The number of likely N-dealkylation sites (tertiary alicyclic amines) is 1. The number of rotatable bonds is 2. The van der Waals surface area contributed by atoms with E-state index < -0.39 is 23.8 Å². The van der Waals surface area contributed by atoms with Crippen LogP contribution in [-0.4, -0.2) is 34.3 Å². The van der Waals surface area contributed by atoms with Crippen LogP contribution in [0.5, 0.6) is 0 Å². The zero-order chi connectivity index (χ0) is 8.59. The second-order valence-electron chi connectivity index (χ2n) is 2.42. The van der Waals surface area contributed by atoms with Crippen LogP contribution in [0, 0.1) is 5.92 Å². The van der Waals surface area contributed by atoms with Crippen LogP contribution >= 0.6 is 0 Å². The van der Waals surface area contributed by atoms with Gasteiger partial charge in [-0.1, -0.05) is 6.92 Å². The van der Waals surface area contributed by atoms with Crippen molar-refractivity contribution in [3.63, 3.8) is 0 Å². The summed E-state index contributed by atoms with van der Waals surface area (Å²) in [7, 11) is 0. The summed E-state index contributed by atoms with van der Waals surface area (Å²) in [5, 5.41) is 8.47. The summed E-state index contributed by atoms with van der Waals surface area (Å²) in [6.07, 6.45) is 0.251. The highest BCUT2D eigenvalue weighted by atomic mass is 16.4. The molecular formula is C6H7NO4. The first-order chi connectivity index (χ1) is 5.09. The van der Waals surface area contributed by atoms with Gasteiger partial charge in [-0.15, -0.1) is 0 Å².